The molecule has 2 aromatic heterocycles. The van der Waals surface area contributed by atoms with Crippen molar-refractivity contribution in [3.8, 4) is 20.9 Å². The van der Waals surface area contributed by atoms with Gasteiger partial charge in [0.2, 0.25) is 0 Å². The van der Waals surface area contributed by atoms with Crippen molar-refractivity contribution in [3.05, 3.63) is 66.0 Å². The van der Waals surface area contributed by atoms with E-state index in [1.54, 1.807) is 0 Å². The summed E-state index contributed by atoms with van der Waals surface area (Å²) < 4.78 is 0. The average Bonchev–Trinajstić information content (AvgIpc) is 3.22. The van der Waals surface area contributed by atoms with Crippen molar-refractivity contribution in [3.63, 3.8) is 0 Å². The van der Waals surface area contributed by atoms with Gasteiger partial charge in [-0.05, 0) is 49.2 Å². The van der Waals surface area contributed by atoms with E-state index in [1.165, 1.54) is 26.4 Å². The van der Waals surface area contributed by atoms with Gasteiger partial charge in [-0.3, -0.25) is 0 Å². The number of benzene rings is 2. The normalized spacial score (nSPS) is 12.6. The lowest BCUT2D eigenvalue weighted by molar-refractivity contribution is 0.981. The van der Waals surface area contributed by atoms with Gasteiger partial charge < -0.3 is 4.98 Å². The zero-order valence-corrected chi connectivity index (χ0v) is 15.3. The van der Waals surface area contributed by atoms with Crippen LogP contribution in [0.1, 0.15) is 23.6 Å². The maximum absolute atomic E-state index is 4.58. The molecule has 1 unspecified atom stereocenters. The Morgan fingerprint density at radius 2 is 1.62 bits per heavy atom. The van der Waals surface area contributed by atoms with Crippen LogP contribution in [-0.2, 0) is 0 Å². The quantitative estimate of drug-likeness (QED) is 0.420. The van der Waals surface area contributed by atoms with Crippen LogP contribution < -0.4 is 0 Å². The van der Waals surface area contributed by atoms with Crippen molar-refractivity contribution in [1.29, 1.82) is 0 Å². The van der Waals surface area contributed by atoms with Crippen molar-refractivity contribution in [2.24, 2.45) is 0 Å². The summed E-state index contributed by atoms with van der Waals surface area (Å²) in [7, 11) is 0. The van der Waals surface area contributed by atoms with Gasteiger partial charge in [-0.15, -0.1) is 11.3 Å². The molecule has 0 bridgehead atoms. The first-order chi connectivity index (χ1) is 11.6. The van der Waals surface area contributed by atoms with Gasteiger partial charge in [0.15, 0.2) is 0 Å². The van der Waals surface area contributed by atoms with E-state index in [4.69, 9.17) is 0 Å². The number of aromatic amines is 1. The highest BCUT2D eigenvalue weighted by atomic mass is 32.1. The predicted molar refractivity (Wildman–Crippen MR) is 107 cm³/mol. The van der Waals surface area contributed by atoms with Crippen LogP contribution in [0.3, 0.4) is 0 Å². The number of imidazole rings is 1. The van der Waals surface area contributed by atoms with Gasteiger partial charge in [-0.1, -0.05) is 35.9 Å². The fourth-order valence-electron chi connectivity index (χ4n) is 2.75. The summed E-state index contributed by atoms with van der Waals surface area (Å²) >= 11 is 6.27. The molecule has 2 nitrogen and oxygen atoms in total. The topological polar surface area (TPSA) is 28.7 Å². The number of aryl methyl sites for hydroxylation is 1. The number of aromatic nitrogens is 2. The molecule has 2 heterocycles. The van der Waals surface area contributed by atoms with Crippen LogP contribution in [0, 0.1) is 6.92 Å². The Labute approximate surface area is 151 Å². The Bertz CT molecular complexity index is 994. The number of nitrogens with zero attached hydrogens (tertiary/aromatic N) is 1. The summed E-state index contributed by atoms with van der Waals surface area (Å²) in [6.07, 6.45) is 0. The Hall–Kier alpha value is -2.04. The number of thiophene rings is 1. The average molecular weight is 351 g/mol. The van der Waals surface area contributed by atoms with Crippen LogP contribution in [-0.4, -0.2) is 9.97 Å². The molecule has 1 atom stereocenters. The Kier molecular flexibility index (Phi) is 3.94. The molecule has 2 aromatic carbocycles. The van der Waals surface area contributed by atoms with E-state index in [0.717, 1.165) is 16.9 Å². The first-order valence-electron chi connectivity index (χ1n) is 7.95. The Morgan fingerprint density at radius 1 is 0.958 bits per heavy atom. The third-order valence-electron chi connectivity index (χ3n) is 4.12. The minimum atomic E-state index is 0.107. The second kappa shape index (κ2) is 6.11. The second-order valence-corrected chi connectivity index (χ2v) is 7.92. The minimum Gasteiger partial charge on any atom is -0.341 e. The van der Waals surface area contributed by atoms with Gasteiger partial charge in [0.1, 0.15) is 5.82 Å². The van der Waals surface area contributed by atoms with E-state index in [0.29, 0.717) is 0 Å². The molecule has 0 spiro atoms. The van der Waals surface area contributed by atoms with Gasteiger partial charge in [0.05, 0.1) is 16.3 Å². The van der Waals surface area contributed by atoms with Crippen LogP contribution >= 0.6 is 24.0 Å². The summed E-state index contributed by atoms with van der Waals surface area (Å²) in [5, 5.41) is 0.107. The van der Waals surface area contributed by atoms with Gasteiger partial charge >= 0.3 is 0 Å². The van der Waals surface area contributed by atoms with Crippen molar-refractivity contribution in [2.75, 3.05) is 0 Å². The van der Waals surface area contributed by atoms with Gasteiger partial charge in [0.25, 0.3) is 0 Å². The lowest BCUT2D eigenvalue weighted by atomic mass is 10.1. The zero-order valence-electron chi connectivity index (χ0n) is 13.6. The van der Waals surface area contributed by atoms with Crippen LogP contribution in [0.25, 0.3) is 31.9 Å². The van der Waals surface area contributed by atoms with Crippen molar-refractivity contribution < 1.29 is 0 Å². The maximum Gasteiger partial charge on any atom is 0.119 e. The molecule has 4 heteroatoms. The Balaban J connectivity index is 1.71. The molecule has 4 rings (SSSR count). The van der Waals surface area contributed by atoms with Gasteiger partial charge in [-0.25, -0.2) is 4.98 Å². The van der Waals surface area contributed by atoms with Crippen molar-refractivity contribution in [2.45, 2.75) is 19.1 Å². The first-order valence-corrected chi connectivity index (χ1v) is 9.28. The highest BCUT2D eigenvalue weighted by Crippen LogP contribution is 2.35. The molecule has 0 aliphatic carbocycles. The molecule has 4 aromatic rings. The lowest BCUT2D eigenvalue weighted by Crippen LogP contribution is -1.85. The lowest BCUT2D eigenvalue weighted by Gasteiger charge is -1.99. The van der Waals surface area contributed by atoms with E-state index in [2.05, 4.69) is 84.1 Å². The van der Waals surface area contributed by atoms with E-state index < -0.39 is 0 Å². The molecule has 24 heavy (non-hydrogen) atoms. The van der Waals surface area contributed by atoms with Crippen LogP contribution in [0.15, 0.2) is 54.6 Å². The molecule has 0 fully saturated rings. The van der Waals surface area contributed by atoms with Crippen LogP contribution in [0.4, 0.5) is 0 Å². The van der Waals surface area contributed by atoms with E-state index >= 15 is 0 Å². The highest BCUT2D eigenvalue weighted by Gasteiger charge is 2.10. The molecule has 0 saturated heterocycles. The summed E-state index contributed by atoms with van der Waals surface area (Å²) in [5.41, 5.74) is 5.83. The molecule has 0 amide bonds. The molecule has 0 aliphatic heterocycles. The summed E-state index contributed by atoms with van der Waals surface area (Å²) in [6.45, 7) is 4.14. The Morgan fingerprint density at radius 3 is 2.33 bits per heavy atom. The predicted octanol–water partition coefficient (Wildman–Crippen LogP) is 6.26. The fourth-order valence-corrected chi connectivity index (χ4v) is 3.88. The fraction of sp³-hybridized carbons (Fsp3) is 0.150. The maximum atomic E-state index is 4.58. The smallest absolute Gasteiger partial charge is 0.119 e. The van der Waals surface area contributed by atoms with Crippen molar-refractivity contribution in [1.82, 2.24) is 9.97 Å². The largest absolute Gasteiger partial charge is 0.341 e. The van der Waals surface area contributed by atoms with Crippen LogP contribution in [0.2, 0.25) is 0 Å². The number of thiol groups is 1. The second-order valence-electron chi connectivity index (χ2n) is 6.06. The third-order valence-corrected chi connectivity index (χ3v) is 5.55. The number of rotatable bonds is 3. The van der Waals surface area contributed by atoms with E-state index in [9.17, 15) is 0 Å². The number of hydrogen-bond acceptors (Lipinski definition) is 3. The molecule has 0 aliphatic rings. The minimum absolute atomic E-state index is 0.107. The molecule has 0 saturated carbocycles. The zero-order chi connectivity index (χ0) is 16.7. The van der Waals surface area contributed by atoms with E-state index in [-0.39, 0.29) is 5.25 Å². The number of nitrogens with one attached hydrogen (secondary N) is 1. The SMILES string of the molecule is Cc1ccc(-c2ccc(-c3ccc4nc(C(C)S)[nH]c4c3)s2)cc1. The van der Waals surface area contributed by atoms with Crippen molar-refractivity contribution >= 4 is 35.0 Å². The summed E-state index contributed by atoms with van der Waals surface area (Å²) in [4.78, 5) is 10.5. The standard InChI is InChI=1S/C20H18N2S2/c1-12-3-5-14(6-4-12)18-9-10-19(24-18)15-7-8-16-17(11-15)22-20(21-16)13(2)23/h3-11,13,23H,1-2H3,(H,21,22). The molecule has 0 radical (unpaired) electrons. The molecule has 1 N–H and O–H groups in total. The van der Waals surface area contributed by atoms with Gasteiger partial charge in [0, 0.05) is 9.75 Å². The summed E-state index contributed by atoms with van der Waals surface area (Å²) in [5.74, 6) is 0.914. The summed E-state index contributed by atoms with van der Waals surface area (Å²) in [6, 6.07) is 19.5. The molecule has 120 valence electrons. The third kappa shape index (κ3) is 2.87. The van der Waals surface area contributed by atoms with Gasteiger partial charge in [-0.2, -0.15) is 12.6 Å². The molecular formula is C20H18N2S2. The highest BCUT2D eigenvalue weighted by molar-refractivity contribution is 7.80. The monoisotopic (exact) mass is 350 g/mol. The molecular weight excluding hydrogens is 332 g/mol. The van der Waals surface area contributed by atoms with Crippen LogP contribution in [0.5, 0.6) is 0 Å². The first kappa shape index (κ1) is 15.5. The number of fused-ring (bicyclic) bond motifs is 1. The number of hydrogen-bond donors (Lipinski definition) is 2. The number of H-pyrrole nitrogens is 1. The van der Waals surface area contributed by atoms with E-state index in [1.807, 2.05) is 18.3 Å².